The van der Waals surface area contributed by atoms with Crippen LogP contribution in [0.5, 0.6) is 0 Å². The van der Waals surface area contributed by atoms with E-state index in [0.29, 0.717) is 18.5 Å². The van der Waals surface area contributed by atoms with Crippen molar-refractivity contribution in [1.29, 1.82) is 0 Å². The Labute approximate surface area is 129 Å². The van der Waals surface area contributed by atoms with Crippen molar-refractivity contribution in [1.82, 2.24) is 4.90 Å². The molecular formula is C14H19NO6S. The van der Waals surface area contributed by atoms with Gasteiger partial charge >= 0.3 is 5.97 Å². The van der Waals surface area contributed by atoms with Crippen LogP contribution >= 0.6 is 0 Å². The molecule has 2 heterocycles. The zero-order chi connectivity index (χ0) is 16.3. The number of furan rings is 1. The number of likely N-dealkylation sites (N-methyl/N-ethyl adjacent to an activating group) is 1. The van der Waals surface area contributed by atoms with Crippen molar-refractivity contribution in [3.63, 3.8) is 0 Å². The molecule has 0 bridgehead atoms. The van der Waals surface area contributed by atoms with E-state index >= 15 is 0 Å². The molecule has 0 radical (unpaired) electrons. The van der Waals surface area contributed by atoms with E-state index in [-0.39, 0.29) is 23.3 Å². The summed E-state index contributed by atoms with van der Waals surface area (Å²) >= 11 is 0. The molecule has 1 atom stereocenters. The molecule has 1 aromatic rings. The molecule has 0 saturated carbocycles. The van der Waals surface area contributed by atoms with Gasteiger partial charge in [0, 0.05) is 18.2 Å². The lowest BCUT2D eigenvalue weighted by Crippen LogP contribution is -2.43. The predicted molar refractivity (Wildman–Crippen MR) is 78.2 cm³/mol. The minimum atomic E-state index is -3.07. The second-order valence-corrected chi connectivity index (χ2v) is 7.47. The lowest BCUT2D eigenvalue weighted by molar-refractivity contribution is -0.136. The first-order valence-electron chi connectivity index (χ1n) is 7.05. The molecule has 1 amide bonds. The molecule has 0 aliphatic carbocycles. The number of hydrogen-bond donors (Lipinski definition) is 0. The molecule has 0 spiro atoms. The largest absolute Gasteiger partial charge is 0.457 e. The lowest BCUT2D eigenvalue weighted by atomic mass is 10.2. The minimum Gasteiger partial charge on any atom is -0.457 e. The Morgan fingerprint density at radius 2 is 2.18 bits per heavy atom. The van der Waals surface area contributed by atoms with Crippen molar-refractivity contribution < 1.29 is 27.2 Å². The van der Waals surface area contributed by atoms with Crippen LogP contribution in [0.3, 0.4) is 0 Å². The summed E-state index contributed by atoms with van der Waals surface area (Å²) in [7, 11) is -3.07. The Balaban J connectivity index is 1.93. The van der Waals surface area contributed by atoms with Crippen LogP contribution < -0.4 is 0 Å². The fraction of sp³-hybridized carbons (Fsp3) is 0.571. The molecule has 2 rings (SSSR count). The van der Waals surface area contributed by atoms with Gasteiger partial charge in [-0.1, -0.05) is 0 Å². The van der Waals surface area contributed by atoms with Gasteiger partial charge in [-0.3, -0.25) is 4.79 Å². The third kappa shape index (κ3) is 3.68. The summed E-state index contributed by atoms with van der Waals surface area (Å²) in [6.07, 6.45) is 1.79. The number of carbonyl (C=O) groups excluding carboxylic acids is 2. The quantitative estimate of drug-likeness (QED) is 0.741. The van der Waals surface area contributed by atoms with E-state index < -0.39 is 28.3 Å². The maximum atomic E-state index is 12.2. The highest BCUT2D eigenvalue weighted by atomic mass is 32.2. The van der Waals surface area contributed by atoms with E-state index in [0.717, 1.165) is 0 Å². The van der Waals surface area contributed by atoms with E-state index in [1.807, 2.05) is 0 Å². The van der Waals surface area contributed by atoms with E-state index in [2.05, 4.69) is 0 Å². The van der Waals surface area contributed by atoms with Gasteiger partial charge in [0.15, 0.2) is 16.4 Å². The van der Waals surface area contributed by atoms with Gasteiger partial charge in [0.1, 0.15) is 0 Å². The molecule has 22 heavy (non-hydrogen) atoms. The molecule has 1 unspecified atom stereocenters. The summed E-state index contributed by atoms with van der Waals surface area (Å²) in [5.41, 5.74) is 0.631. The van der Waals surface area contributed by atoms with Gasteiger partial charge in [0.2, 0.25) is 5.76 Å². The third-order valence-electron chi connectivity index (χ3n) is 3.68. The van der Waals surface area contributed by atoms with Crippen LogP contribution in [0.2, 0.25) is 0 Å². The standard InChI is InChI=1S/C14H19NO6S/c1-3-15(11-5-7-22(18,19)9-11)12(16)8-21-14(17)13-10(2)4-6-20-13/h4,6,11H,3,5,7-9H2,1-2H3. The van der Waals surface area contributed by atoms with E-state index in [9.17, 15) is 18.0 Å². The first-order chi connectivity index (χ1) is 10.3. The molecule has 8 heteroatoms. The molecule has 1 fully saturated rings. The molecule has 7 nitrogen and oxygen atoms in total. The highest BCUT2D eigenvalue weighted by Gasteiger charge is 2.34. The highest BCUT2D eigenvalue weighted by Crippen LogP contribution is 2.18. The molecule has 1 aromatic heterocycles. The van der Waals surface area contributed by atoms with Gasteiger partial charge in [-0.25, -0.2) is 13.2 Å². The molecular weight excluding hydrogens is 310 g/mol. The Bertz CT molecular complexity index is 663. The molecule has 1 aliphatic heterocycles. The van der Waals surface area contributed by atoms with Crippen molar-refractivity contribution in [3.05, 3.63) is 23.7 Å². The maximum Gasteiger partial charge on any atom is 0.375 e. The van der Waals surface area contributed by atoms with Crippen LogP contribution in [0.15, 0.2) is 16.7 Å². The molecule has 0 aromatic carbocycles. The van der Waals surface area contributed by atoms with Crippen LogP contribution in [0.1, 0.15) is 29.5 Å². The van der Waals surface area contributed by atoms with E-state index in [4.69, 9.17) is 9.15 Å². The van der Waals surface area contributed by atoms with Crippen LogP contribution in [-0.4, -0.2) is 55.9 Å². The zero-order valence-corrected chi connectivity index (χ0v) is 13.4. The smallest absolute Gasteiger partial charge is 0.375 e. The van der Waals surface area contributed by atoms with Crippen molar-refractivity contribution in [3.8, 4) is 0 Å². The fourth-order valence-corrected chi connectivity index (χ4v) is 4.25. The summed E-state index contributed by atoms with van der Waals surface area (Å²) < 4.78 is 33.0. The molecule has 1 saturated heterocycles. The number of amides is 1. The number of carbonyl (C=O) groups is 2. The van der Waals surface area contributed by atoms with Crippen LogP contribution in [0.25, 0.3) is 0 Å². The van der Waals surface area contributed by atoms with Crippen LogP contribution in [0.4, 0.5) is 0 Å². The van der Waals surface area contributed by atoms with Crippen molar-refractivity contribution in [2.45, 2.75) is 26.3 Å². The summed E-state index contributed by atoms with van der Waals surface area (Å²) in [5.74, 6) is -0.975. The number of nitrogens with zero attached hydrogens (tertiary/aromatic N) is 1. The van der Waals surface area contributed by atoms with Gasteiger partial charge < -0.3 is 14.1 Å². The topological polar surface area (TPSA) is 93.9 Å². The Morgan fingerprint density at radius 1 is 1.45 bits per heavy atom. The summed E-state index contributed by atoms with van der Waals surface area (Å²) in [6, 6.07) is 1.28. The van der Waals surface area contributed by atoms with E-state index in [1.165, 1.54) is 11.2 Å². The van der Waals surface area contributed by atoms with Crippen LogP contribution in [-0.2, 0) is 19.4 Å². The van der Waals surface area contributed by atoms with Crippen molar-refractivity contribution >= 4 is 21.7 Å². The maximum absolute atomic E-state index is 12.2. The first-order valence-corrected chi connectivity index (χ1v) is 8.87. The highest BCUT2D eigenvalue weighted by molar-refractivity contribution is 7.91. The predicted octanol–water partition coefficient (Wildman–Crippen LogP) is 0.780. The number of esters is 1. The normalized spacial score (nSPS) is 19.8. The minimum absolute atomic E-state index is 0.0299. The number of hydrogen-bond acceptors (Lipinski definition) is 6. The zero-order valence-electron chi connectivity index (χ0n) is 12.6. The lowest BCUT2D eigenvalue weighted by Gasteiger charge is -2.26. The summed E-state index contributed by atoms with van der Waals surface area (Å²) in [6.45, 7) is 3.41. The third-order valence-corrected chi connectivity index (χ3v) is 5.43. The SMILES string of the molecule is CCN(C(=O)COC(=O)c1occc1C)C1CCS(=O)(=O)C1. The monoisotopic (exact) mass is 329 g/mol. The molecule has 0 N–H and O–H groups in total. The second-order valence-electron chi connectivity index (χ2n) is 5.25. The van der Waals surface area contributed by atoms with Gasteiger partial charge in [0.05, 0.1) is 17.8 Å². The van der Waals surface area contributed by atoms with Gasteiger partial charge in [-0.05, 0) is 26.3 Å². The number of rotatable bonds is 5. The Hall–Kier alpha value is -1.83. The molecule has 1 aliphatic rings. The van der Waals surface area contributed by atoms with Gasteiger partial charge in [-0.15, -0.1) is 0 Å². The Morgan fingerprint density at radius 3 is 2.68 bits per heavy atom. The van der Waals surface area contributed by atoms with Gasteiger partial charge in [-0.2, -0.15) is 0 Å². The number of sulfone groups is 1. The van der Waals surface area contributed by atoms with Crippen molar-refractivity contribution in [2.24, 2.45) is 0 Å². The number of ether oxygens (including phenoxy) is 1. The summed E-state index contributed by atoms with van der Waals surface area (Å²) in [5, 5.41) is 0. The van der Waals surface area contributed by atoms with Gasteiger partial charge in [0.25, 0.3) is 5.91 Å². The first kappa shape index (κ1) is 16.5. The van der Waals surface area contributed by atoms with Crippen LogP contribution in [0, 0.1) is 6.92 Å². The fourth-order valence-electron chi connectivity index (χ4n) is 2.52. The van der Waals surface area contributed by atoms with Crippen molar-refractivity contribution in [2.75, 3.05) is 24.7 Å². The van der Waals surface area contributed by atoms with E-state index in [1.54, 1.807) is 19.9 Å². The Kier molecular flexibility index (Phi) is 4.90. The molecule has 122 valence electrons. The number of aryl methyl sites for hydroxylation is 1. The average Bonchev–Trinajstić information content (AvgIpc) is 3.03. The average molecular weight is 329 g/mol. The summed E-state index contributed by atoms with van der Waals surface area (Å²) in [4.78, 5) is 25.4. The second kappa shape index (κ2) is 6.51.